The van der Waals surface area contributed by atoms with Crippen LogP contribution in [0.4, 0.5) is 0 Å². The van der Waals surface area contributed by atoms with Gasteiger partial charge in [0.05, 0.1) is 4.90 Å². The lowest BCUT2D eigenvalue weighted by atomic mass is 10.0. The van der Waals surface area contributed by atoms with Crippen LogP contribution in [0.2, 0.25) is 0 Å². The van der Waals surface area contributed by atoms with Gasteiger partial charge in [-0.3, -0.25) is 0 Å². The Balaban J connectivity index is 1.81. The van der Waals surface area contributed by atoms with Crippen molar-refractivity contribution >= 4 is 22.5 Å². The summed E-state index contributed by atoms with van der Waals surface area (Å²) in [6, 6.07) is 27.0. The highest BCUT2D eigenvalue weighted by molar-refractivity contribution is 7.99. The van der Waals surface area contributed by atoms with Crippen LogP contribution in [0.5, 0.6) is 11.5 Å². The normalized spacial score (nSPS) is 10.9. The minimum Gasteiger partial charge on any atom is -0.508 e. The Morgan fingerprint density at radius 2 is 1.44 bits per heavy atom. The largest absolute Gasteiger partial charge is 0.508 e. The van der Waals surface area contributed by atoms with Gasteiger partial charge in [0.1, 0.15) is 11.5 Å². The van der Waals surface area contributed by atoms with Crippen LogP contribution in [0.25, 0.3) is 21.9 Å². The molecule has 2 nitrogen and oxygen atoms in total. The number of phenolic OH excluding ortho intramolecular Hbond substituents is 2. The van der Waals surface area contributed by atoms with Crippen LogP contribution in [-0.4, -0.2) is 10.2 Å². The second kappa shape index (κ2) is 6.54. The summed E-state index contributed by atoms with van der Waals surface area (Å²) in [6.07, 6.45) is 0. The van der Waals surface area contributed by atoms with Crippen molar-refractivity contribution < 1.29 is 10.2 Å². The average Bonchev–Trinajstić information content (AvgIpc) is 2.64. The van der Waals surface area contributed by atoms with E-state index in [9.17, 15) is 10.2 Å². The van der Waals surface area contributed by atoms with Gasteiger partial charge in [0, 0.05) is 4.90 Å². The van der Waals surface area contributed by atoms with Crippen molar-refractivity contribution in [3.8, 4) is 22.6 Å². The maximum Gasteiger partial charge on any atom is 0.130 e. The van der Waals surface area contributed by atoms with Crippen LogP contribution in [0, 0.1) is 0 Å². The predicted octanol–water partition coefficient (Wildman–Crippen LogP) is 6.07. The Morgan fingerprint density at radius 3 is 2.24 bits per heavy atom. The van der Waals surface area contributed by atoms with E-state index in [1.807, 2.05) is 60.7 Å². The van der Waals surface area contributed by atoms with Crippen molar-refractivity contribution in [2.24, 2.45) is 0 Å². The third-order valence-electron chi connectivity index (χ3n) is 4.09. The Bertz CT molecular complexity index is 1040. The lowest BCUT2D eigenvalue weighted by Crippen LogP contribution is -1.83. The summed E-state index contributed by atoms with van der Waals surface area (Å²) in [4.78, 5) is 1.94. The first-order chi connectivity index (χ1) is 12.2. The summed E-state index contributed by atoms with van der Waals surface area (Å²) < 4.78 is 0. The molecule has 0 aliphatic rings. The van der Waals surface area contributed by atoms with Crippen LogP contribution in [0.3, 0.4) is 0 Å². The van der Waals surface area contributed by atoms with Gasteiger partial charge in [-0.05, 0) is 58.3 Å². The summed E-state index contributed by atoms with van der Waals surface area (Å²) in [5, 5.41) is 22.1. The summed E-state index contributed by atoms with van der Waals surface area (Å²) >= 11 is 1.56. The fraction of sp³-hybridized carbons (Fsp3) is 0. The molecule has 4 rings (SSSR count). The highest BCUT2D eigenvalue weighted by atomic mass is 32.2. The quantitative estimate of drug-likeness (QED) is 0.474. The van der Waals surface area contributed by atoms with Gasteiger partial charge < -0.3 is 10.2 Å². The topological polar surface area (TPSA) is 40.5 Å². The molecule has 4 aromatic rings. The molecule has 4 aromatic carbocycles. The van der Waals surface area contributed by atoms with Crippen molar-refractivity contribution in [1.82, 2.24) is 0 Å². The number of hydrogen-bond acceptors (Lipinski definition) is 3. The Hall–Kier alpha value is -2.91. The molecule has 0 radical (unpaired) electrons. The maximum absolute atomic E-state index is 10.3. The average molecular weight is 344 g/mol. The molecule has 0 amide bonds. The van der Waals surface area contributed by atoms with Gasteiger partial charge in [0.15, 0.2) is 0 Å². The molecule has 0 atom stereocenters. The second-order valence-corrected chi connectivity index (χ2v) is 6.90. The summed E-state index contributed by atoms with van der Waals surface area (Å²) in [5.74, 6) is 0.537. The number of rotatable bonds is 3. The zero-order valence-electron chi connectivity index (χ0n) is 13.4. The molecule has 0 aromatic heterocycles. The molecule has 122 valence electrons. The first-order valence-electron chi connectivity index (χ1n) is 7.99. The van der Waals surface area contributed by atoms with E-state index in [-0.39, 0.29) is 11.5 Å². The molecular formula is C22H16O2S. The molecule has 0 aliphatic carbocycles. The predicted molar refractivity (Wildman–Crippen MR) is 103 cm³/mol. The number of fused-ring (bicyclic) bond motifs is 1. The van der Waals surface area contributed by atoms with Crippen molar-refractivity contribution in [3.63, 3.8) is 0 Å². The Kier molecular flexibility index (Phi) is 4.08. The second-order valence-electron chi connectivity index (χ2n) is 5.82. The molecule has 0 aliphatic heterocycles. The molecule has 25 heavy (non-hydrogen) atoms. The van der Waals surface area contributed by atoms with Crippen LogP contribution < -0.4 is 0 Å². The molecule has 0 unspecified atom stereocenters. The lowest BCUT2D eigenvalue weighted by molar-refractivity contribution is 0.464. The van der Waals surface area contributed by atoms with Gasteiger partial charge in [-0.2, -0.15) is 0 Å². The fourth-order valence-electron chi connectivity index (χ4n) is 2.87. The number of phenols is 2. The lowest BCUT2D eigenvalue weighted by Gasteiger charge is -2.11. The third-order valence-corrected chi connectivity index (χ3v) is 5.23. The first-order valence-corrected chi connectivity index (χ1v) is 8.80. The standard InChI is InChI=1S/C22H16O2S/c23-18-6-4-5-15(14-18)16-9-11-20-17(13-16)10-12-21(24)22(20)25-19-7-2-1-3-8-19/h1-14,23-24H. The monoisotopic (exact) mass is 344 g/mol. The SMILES string of the molecule is Oc1cccc(-c2ccc3c(Sc4ccccc4)c(O)ccc3c2)c1. The van der Waals surface area contributed by atoms with Gasteiger partial charge >= 0.3 is 0 Å². The highest BCUT2D eigenvalue weighted by Crippen LogP contribution is 2.40. The summed E-state index contributed by atoms with van der Waals surface area (Å²) in [7, 11) is 0. The van der Waals surface area contributed by atoms with Gasteiger partial charge in [-0.15, -0.1) is 0 Å². The van der Waals surface area contributed by atoms with E-state index in [1.54, 1.807) is 30.0 Å². The van der Waals surface area contributed by atoms with E-state index >= 15 is 0 Å². The smallest absolute Gasteiger partial charge is 0.130 e. The van der Waals surface area contributed by atoms with Gasteiger partial charge in [-0.1, -0.05) is 60.3 Å². The van der Waals surface area contributed by atoms with Crippen LogP contribution in [0.1, 0.15) is 0 Å². The van der Waals surface area contributed by atoms with Crippen molar-refractivity contribution in [3.05, 3.63) is 84.9 Å². The molecule has 0 spiro atoms. The molecule has 2 N–H and O–H groups in total. The minimum absolute atomic E-state index is 0.253. The molecule has 0 saturated heterocycles. The van der Waals surface area contributed by atoms with E-state index in [4.69, 9.17) is 0 Å². The van der Waals surface area contributed by atoms with E-state index in [0.717, 1.165) is 31.7 Å². The highest BCUT2D eigenvalue weighted by Gasteiger charge is 2.10. The molecule has 0 saturated carbocycles. The minimum atomic E-state index is 0.253. The van der Waals surface area contributed by atoms with Gasteiger partial charge in [-0.25, -0.2) is 0 Å². The first kappa shape index (κ1) is 15.6. The number of aromatic hydroxyl groups is 2. The Labute approximate surface area is 150 Å². The fourth-order valence-corrected chi connectivity index (χ4v) is 3.87. The van der Waals surface area contributed by atoms with Crippen LogP contribution >= 0.6 is 11.8 Å². The van der Waals surface area contributed by atoms with Gasteiger partial charge in [0.25, 0.3) is 0 Å². The van der Waals surface area contributed by atoms with Crippen molar-refractivity contribution in [2.75, 3.05) is 0 Å². The number of hydrogen-bond donors (Lipinski definition) is 2. The zero-order valence-corrected chi connectivity index (χ0v) is 14.2. The van der Waals surface area contributed by atoms with E-state index < -0.39 is 0 Å². The molecule has 3 heteroatoms. The molecule has 0 fully saturated rings. The maximum atomic E-state index is 10.3. The van der Waals surface area contributed by atoms with Crippen LogP contribution in [0.15, 0.2) is 94.7 Å². The van der Waals surface area contributed by atoms with Gasteiger partial charge in [0.2, 0.25) is 0 Å². The van der Waals surface area contributed by atoms with Crippen molar-refractivity contribution in [1.29, 1.82) is 0 Å². The van der Waals surface area contributed by atoms with E-state index in [1.165, 1.54) is 0 Å². The van der Waals surface area contributed by atoms with Crippen LogP contribution in [-0.2, 0) is 0 Å². The zero-order chi connectivity index (χ0) is 17.2. The Morgan fingerprint density at radius 1 is 0.640 bits per heavy atom. The van der Waals surface area contributed by atoms with E-state index in [2.05, 4.69) is 6.07 Å². The summed E-state index contributed by atoms with van der Waals surface area (Å²) in [6.45, 7) is 0. The van der Waals surface area contributed by atoms with Crippen molar-refractivity contribution in [2.45, 2.75) is 9.79 Å². The number of benzene rings is 4. The third kappa shape index (κ3) is 3.19. The molecule has 0 heterocycles. The molecule has 0 bridgehead atoms. The van der Waals surface area contributed by atoms with E-state index in [0.29, 0.717) is 0 Å². The molecular weight excluding hydrogens is 328 g/mol. The summed E-state index contributed by atoms with van der Waals surface area (Å²) in [5.41, 5.74) is 2.00.